The fourth-order valence-electron chi connectivity index (χ4n) is 3.87. The average molecular weight is 315 g/mol. The van der Waals surface area contributed by atoms with Crippen LogP contribution in [-0.2, 0) is 4.74 Å². The van der Waals surface area contributed by atoms with Gasteiger partial charge < -0.3 is 4.74 Å². The van der Waals surface area contributed by atoms with E-state index in [2.05, 4.69) is 24.1 Å². The quantitative estimate of drug-likeness (QED) is 0.385. The normalized spacial score (nSPS) is 30.9. The minimum absolute atomic E-state index is 0.184. The summed E-state index contributed by atoms with van der Waals surface area (Å²) in [4.78, 5) is 0. The van der Waals surface area contributed by atoms with Gasteiger partial charge in [-0.2, -0.15) is 11.8 Å². The highest BCUT2D eigenvalue weighted by Gasteiger charge is 2.42. The molecular formula is C17H34N2OS. The van der Waals surface area contributed by atoms with Crippen LogP contribution in [0.2, 0.25) is 0 Å². The van der Waals surface area contributed by atoms with Gasteiger partial charge in [-0.05, 0) is 37.4 Å². The molecule has 4 heteroatoms. The summed E-state index contributed by atoms with van der Waals surface area (Å²) < 4.78 is 6.13. The predicted molar refractivity (Wildman–Crippen MR) is 92.5 cm³/mol. The number of nitrogens with two attached hydrogens (primary N) is 1. The van der Waals surface area contributed by atoms with Gasteiger partial charge in [0.2, 0.25) is 0 Å². The number of ether oxygens (including phenoxy) is 1. The van der Waals surface area contributed by atoms with Crippen LogP contribution in [0.3, 0.4) is 0 Å². The van der Waals surface area contributed by atoms with Crippen LogP contribution in [0.1, 0.15) is 71.1 Å². The smallest absolute Gasteiger partial charge is 0.0783 e. The van der Waals surface area contributed by atoms with E-state index in [1.807, 2.05) is 0 Å². The zero-order valence-electron chi connectivity index (χ0n) is 13.7. The van der Waals surface area contributed by atoms with E-state index >= 15 is 0 Å². The van der Waals surface area contributed by atoms with Crippen molar-refractivity contribution in [3.63, 3.8) is 0 Å². The Morgan fingerprint density at radius 3 is 2.81 bits per heavy atom. The van der Waals surface area contributed by atoms with Gasteiger partial charge in [0.05, 0.1) is 5.60 Å². The third-order valence-electron chi connectivity index (χ3n) is 5.25. The maximum Gasteiger partial charge on any atom is 0.0783 e. The number of nitrogens with one attached hydrogen (secondary N) is 1. The molecule has 3 atom stereocenters. The van der Waals surface area contributed by atoms with E-state index in [1.54, 1.807) is 0 Å². The van der Waals surface area contributed by atoms with Gasteiger partial charge in [-0.3, -0.25) is 11.3 Å². The van der Waals surface area contributed by atoms with Gasteiger partial charge in [-0.15, -0.1) is 0 Å². The molecule has 0 saturated carbocycles. The summed E-state index contributed by atoms with van der Waals surface area (Å²) in [6, 6.07) is 0.488. The van der Waals surface area contributed by atoms with E-state index in [4.69, 9.17) is 10.6 Å². The summed E-state index contributed by atoms with van der Waals surface area (Å²) in [5.41, 5.74) is 3.30. The number of unbranched alkanes of at least 4 members (excludes halogenated alkanes) is 5. The molecule has 1 spiro atoms. The number of hydrogen-bond acceptors (Lipinski definition) is 4. The summed E-state index contributed by atoms with van der Waals surface area (Å²) in [6.45, 7) is 3.20. The predicted octanol–water partition coefficient (Wildman–Crippen LogP) is 3.87. The monoisotopic (exact) mass is 314 g/mol. The van der Waals surface area contributed by atoms with Crippen molar-refractivity contribution >= 4 is 11.8 Å². The first-order chi connectivity index (χ1) is 10.3. The third-order valence-corrected chi connectivity index (χ3v) is 6.47. The zero-order chi connectivity index (χ0) is 15.0. The van der Waals surface area contributed by atoms with Crippen molar-refractivity contribution in [1.29, 1.82) is 0 Å². The first kappa shape index (κ1) is 17.6. The van der Waals surface area contributed by atoms with Gasteiger partial charge in [0.25, 0.3) is 0 Å². The van der Waals surface area contributed by atoms with Crippen LogP contribution in [0.15, 0.2) is 0 Å². The molecule has 0 aromatic carbocycles. The molecule has 0 radical (unpaired) electrons. The average Bonchev–Trinajstić information content (AvgIpc) is 2.94. The Balaban J connectivity index is 1.70. The van der Waals surface area contributed by atoms with Crippen LogP contribution in [0.4, 0.5) is 0 Å². The Morgan fingerprint density at radius 2 is 2.10 bits per heavy atom. The highest BCUT2D eigenvalue weighted by molar-refractivity contribution is 7.99. The van der Waals surface area contributed by atoms with Crippen molar-refractivity contribution in [1.82, 2.24) is 5.43 Å². The molecule has 2 aliphatic heterocycles. The molecule has 124 valence electrons. The minimum atomic E-state index is 0.184. The van der Waals surface area contributed by atoms with E-state index in [-0.39, 0.29) is 5.60 Å². The summed E-state index contributed by atoms with van der Waals surface area (Å²) in [6.07, 6.45) is 13.0. The number of thioether (sulfide) groups is 1. The fourth-order valence-corrected chi connectivity index (χ4v) is 5.25. The van der Waals surface area contributed by atoms with E-state index in [0.717, 1.165) is 6.61 Å². The van der Waals surface area contributed by atoms with Gasteiger partial charge >= 0.3 is 0 Å². The second-order valence-corrected chi connectivity index (χ2v) is 8.02. The first-order valence-corrected chi connectivity index (χ1v) is 10.1. The van der Waals surface area contributed by atoms with Crippen LogP contribution in [0.25, 0.3) is 0 Å². The molecule has 0 aromatic rings. The fraction of sp³-hybridized carbons (Fsp3) is 1.00. The molecule has 2 fully saturated rings. The molecule has 0 bridgehead atoms. The number of rotatable bonds is 9. The molecule has 21 heavy (non-hydrogen) atoms. The van der Waals surface area contributed by atoms with Crippen molar-refractivity contribution in [2.75, 3.05) is 18.1 Å². The molecule has 3 unspecified atom stereocenters. The van der Waals surface area contributed by atoms with Crippen molar-refractivity contribution in [2.45, 2.75) is 82.8 Å². The van der Waals surface area contributed by atoms with Crippen LogP contribution in [0.5, 0.6) is 0 Å². The lowest BCUT2D eigenvalue weighted by Gasteiger charge is -2.40. The molecule has 0 aromatic heterocycles. The topological polar surface area (TPSA) is 47.3 Å². The van der Waals surface area contributed by atoms with E-state index < -0.39 is 0 Å². The second kappa shape index (κ2) is 9.39. The Labute approximate surface area is 135 Å². The van der Waals surface area contributed by atoms with Gasteiger partial charge in [-0.1, -0.05) is 45.4 Å². The summed E-state index contributed by atoms with van der Waals surface area (Å²) in [7, 11) is 0. The van der Waals surface area contributed by atoms with Crippen molar-refractivity contribution < 1.29 is 4.74 Å². The summed E-state index contributed by atoms with van der Waals surface area (Å²) >= 11 is 2.05. The van der Waals surface area contributed by atoms with Gasteiger partial charge in [0, 0.05) is 18.4 Å². The van der Waals surface area contributed by atoms with Crippen molar-refractivity contribution in [3.05, 3.63) is 0 Å². The molecule has 2 heterocycles. The lowest BCUT2D eigenvalue weighted by Crippen LogP contribution is -2.48. The Bertz CT molecular complexity index is 282. The molecule has 2 aliphatic rings. The molecule has 2 saturated heterocycles. The minimum Gasteiger partial charge on any atom is -0.374 e. The van der Waals surface area contributed by atoms with E-state index in [9.17, 15) is 0 Å². The largest absolute Gasteiger partial charge is 0.374 e. The van der Waals surface area contributed by atoms with Crippen LogP contribution >= 0.6 is 11.8 Å². The second-order valence-electron chi connectivity index (χ2n) is 6.92. The van der Waals surface area contributed by atoms with E-state index in [0.29, 0.717) is 12.0 Å². The maximum absolute atomic E-state index is 6.13. The first-order valence-electron chi connectivity index (χ1n) is 8.97. The standard InChI is InChI=1S/C17H34N2OS/c1-2-3-4-5-6-7-8-16(19-18)15-9-11-20-17(13-15)10-12-21-14-17/h15-16,19H,2-14,18H2,1H3. The van der Waals surface area contributed by atoms with E-state index in [1.165, 1.54) is 75.7 Å². The van der Waals surface area contributed by atoms with Crippen molar-refractivity contribution in [3.8, 4) is 0 Å². The van der Waals surface area contributed by atoms with Gasteiger partial charge in [0.1, 0.15) is 0 Å². The van der Waals surface area contributed by atoms with Gasteiger partial charge in [0.15, 0.2) is 0 Å². The highest BCUT2D eigenvalue weighted by Crippen LogP contribution is 2.41. The zero-order valence-corrected chi connectivity index (χ0v) is 14.6. The SMILES string of the molecule is CCCCCCCCC(NN)C1CCOC2(CCSC2)C1. The Kier molecular flexibility index (Phi) is 7.86. The molecule has 3 nitrogen and oxygen atoms in total. The van der Waals surface area contributed by atoms with Gasteiger partial charge in [-0.25, -0.2) is 0 Å². The molecule has 0 aliphatic carbocycles. The van der Waals surface area contributed by atoms with Crippen LogP contribution in [-0.4, -0.2) is 29.8 Å². The molecule has 0 amide bonds. The summed E-state index contributed by atoms with van der Waals surface area (Å²) in [5, 5.41) is 0. The maximum atomic E-state index is 6.13. The Hall–Kier alpha value is 0.230. The van der Waals surface area contributed by atoms with Crippen LogP contribution in [0, 0.1) is 5.92 Å². The number of hydrogen-bond donors (Lipinski definition) is 2. The lowest BCUT2D eigenvalue weighted by molar-refractivity contribution is -0.0856. The lowest BCUT2D eigenvalue weighted by atomic mass is 9.80. The molecular weight excluding hydrogens is 280 g/mol. The molecule has 2 rings (SSSR count). The molecule has 3 N–H and O–H groups in total. The number of hydrazine groups is 1. The summed E-state index contributed by atoms with van der Waals surface area (Å²) in [5.74, 6) is 9.02. The van der Waals surface area contributed by atoms with Crippen LogP contribution < -0.4 is 11.3 Å². The Morgan fingerprint density at radius 1 is 1.29 bits per heavy atom. The third kappa shape index (κ3) is 5.42. The van der Waals surface area contributed by atoms with Crippen molar-refractivity contribution in [2.24, 2.45) is 11.8 Å². The highest BCUT2D eigenvalue weighted by atomic mass is 32.2.